The third-order valence-corrected chi connectivity index (χ3v) is 4.22. The molecule has 1 N–H and O–H groups in total. The van der Waals surface area contributed by atoms with Crippen molar-refractivity contribution in [2.45, 2.75) is 6.61 Å². The molecular formula is C21H19BrN2O2. The van der Waals surface area contributed by atoms with Crippen LogP contribution in [-0.2, 0) is 6.61 Å². The first-order chi connectivity index (χ1) is 12.7. The molecule has 0 amide bonds. The molecule has 4 nitrogen and oxygen atoms in total. The molecule has 0 saturated heterocycles. The zero-order valence-corrected chi connectivity index (χ0v) is 15.9. The van der Waals surface area contributed by atoms with Crippen LogP contribution in [0.4, 0.5) is 5.69 Å². The van der Waals surface area contributed by atoms with Crippen molar-refractivity contribution < 1.29 is 9.47 Å². The van der Waals surface area contributed by atoms with Crippen molar-refractivity contribution in [1.29, 1.82) is 0 Å². The maximum Gasteiger partial charge on any atom is 0.125 e. The number of ether oxygens (including phenoxy) is 2. The van der Waals surface area contributed by atoms with E-state index in [9.17, 15) is 0 Å². The van der Waals surface area contributed by atoms with E-state index in [2.05, 4.69) is 26.5 Å². The van der Waals surface area contributed by atoms with Gasteiger partial charge in [0, 0.05) is 10.0 Å². The fraction of sp³-hybridized carbons (Fsp3) is 0.0952. The van der Waals surface area contributed by atoms with E-state index in [1.807, 2.05) is 72.8 Å². The molecule has 0 atom stereocenters. The van der Waals surface area contributed by atoms with Gasteiger partial charge in [-0.2, -0.15) is 5.10 Å². The van der Waals surface area contributed by atoms with Crippen LogP contribution in [0.2, 0.25) is 0 Å². The molecule has 0 heterocycles. The Morgan fingerprint density at radius 2 is 1.77 bits per heavy atom. The Morgan fingerprint density at radius 1 is 1.00 bits per heavy atom. The van der Waals surface area contributed by atoms with Gasteiger partial charge in [0.25, 0.3) is 0 Å². The quantitative estimate of drug-likeness (QED) is 0.414. The van der Waals surface area contributed by atoms with Crippen LogP contribution in [0, 0.1) is 0 Å². The lowest BCUT2D eigenvalue weighted by atomic mass is 10.1. The van der Waals surface area contributed by atoms with Crippen molar-refractivity contribution in [2.24, 2.45) is 5.10 Å². The highest BCUT2D eigenvalue weighted by Gasteiger charge is 2.05. The first-order valence-corrected chi connectivity index (χ1v) is 8.93. The normalized spacial score (nSPS) is 10.7. The summed E-state index contributed by atoms with van der Waals surface area (Å²) < 4.78 is 12.3. The Bertz CT molecular complexity index is 865. The summed E-state index contributed by atoms with van der Waals surface area (Å²) in [5.41, 5.74) is 5.87. The van der Waals surface area contributed by atoms with Crippen molar-refractivity contribution >= 4 is 27.8 Å². The number of hydrogen-bond donors (Lipinski definition) is 1. The minimum Gasteiger partial charge on any atom is -0.496 e. The van der Waals surface area contributed by atoms with Gasteiger partial charge in [-0.15, -0.1) is 0 Å². The number of methoxy groups -OCH3 is 1. The summed E-state index contributed by atoms with van der Waals surface area (Å²) in [4.78, 5) is 0. The van der Waals surface area contributed by atoms with E-state index in [-0.39, 0.29) is 0 Å². The monoisotopic (exact) mass is 410 g/mol. The highest BCUT2D eigenvalue weighted by atomic mass is 79.9. The number of anilines is 1. The van der Waals surface area contributed by atoms with Gasteiger partial charge in [-0.3, -0.25) is 5.43 Å². The molecule has 3 aromatic carbocycles. The van der Waals surface area contributed by atoms with Crippen LogP contribution < -0.4 is 14.9 Å². The molecule has 0 spiro atoms. The second kappa shape index (κ2) is 9.06. The van der Waals surface area contributed by atoms with Crippen LogP contribution in [0.25, 0.3) is 0 Å². The summed E-state index contributed by atoms with van der Waals surface area (Å²) in [7, 11) is 1.66. The SMILES string of the molecule is COc1ccc(C=NNc2ccccc2)cc1COc1ccc(Br)cc1. The maximum atomic E-state index is 5.86. The molecular weight excluding hydrogens is 392 g/mol. The molecule has 5 heteroatoms. The van der Waals surface area contributed by atoms with Crippen molar-refractivity contribution in [3.63, 3.8) is 0 Å². The van der Waals surface area contributed by atoms with Gasteiger partial charge in [-0.25, -0.2) is 0 Å². The summed E-state index contributed by atoms with van der Waals surface area (Å²) in [6.45, 7) is 0.415. The Morgan fingerprint density at radius 3 is 2.50 bits per heavy atom. The Balaban J connectivity index is 1.68. The molecule has 0 aliphatic rings. The first-order valence-electron chi connectivity index (χ1n) is 8.14. The predicted octanol–water partition coefficient (Wildman–Crippen LogP) is 5.48. The standard InChI is InChI=1S/C21H19BrN2O2/c1-25-21-12-7-16(14-23-24-19-5-3-2-4-6-19)13-17(21)15-26-20-10-8-18(22)9-11-20/h2-14,24H,15H2,1H3. The summed E-state index contributed by atoms with van der Waals surface area (Å²) in [5.74, 6) is 1.59. The van der Waals surface area contributed by atoms with E-state index < -0.39 is 0 Å². The lowest BCUT2D eigenvalue weighted by Gasteiger charge is -2.11. The number of nitrogens with zero attached hydrogens (tertiary/aromatic N) is 1. The molecule has 0 aliphatic heterocycles. The van der Waals surface area contributed by atoms with E-state index in [1.165, 1.54) is 0 Å². The smallest absolute Gasteiger partial charge is 0.125 e. The van der Waals surface area contributed by atoms with E-state index in [0.29, 0.717) is 6.61 Å². The fourth-order valence-corrected chi connectivity index (χ4v) is 2.64. The molecule has 26 heavy (non-hydrogen) atoms. The van der Waals surface area contributed by atoms with Gasteiger partial charge in [0.15, 0.2) is 0 Å². The molecule has 0 aliphatic carbocycles. The zero-order chi connectivity index (χ0) is 18.2. The Kier molecular flexibility index (Phi) is 6.28. The van der Waals surface area contributed by atoms with Gasteiger partial charge in [0.05, 0.1) is 19.0 Å². The lowest BCUT2D eigenvalue weighted by Crippen LogP contribution is -2.00. The van der Waals surface area contributed by atoms with Gasteiger partial charge < -0.3 is 9.47 Å². The van der Waals surface area contributed by atoms with Crippen molar-refractivity contribution in [3.8, 4) is 11.5 Å². The van der Waals surface area contributed by atoms with Gasteiger partial charge in [0.2, 0.25) is 0 Å². The fourth-order valence-electron chi connectivity index (χ4n) is 2.38. The van der Waals surface area contributed by atoms with Crippen LogP contribution >= 0.6 is 15.9 Å². The van der Waals surface area contributed by atoms with Crippen LogP contribution in [0.3, 0.4) is 0 Å². The van der Waals surface area contributed by atoms with Crippen molar-refractivity contribution in [2.75, 3.05) is 12.5 Å². The minimum absolute atomic E-state index is 0.415. The van der Waals surface area contributed by atoms with Crippen LogP contribution in [0.15, 0.2) is 82.4 Å². The summed E-state index contributed by atoms with van der Waals surface area (Å²) in [6.07, 6.45) is 1.77. The number of rotatable bonds is 7. The molecule has 0 bridgehead atoms. The average Bonchev–Trinajstić information content (AvgIpc) is 2.68. The highest BCUT2D eigenvalue weighted by molar-refractivity contribution is 9.10. The number of para-hydroxylation sites is 1. The second-order valence-corrected chi connectivity index (χ2v) is 6.47. The van der Waals surface area contributed by atoms with Crippen LogP contribution in [0.5, 0.6) is 11.5 Å². The van der Waals surface area contributed by atoms with E-state index in [4.69, 9.17) is 9.47 Å². The number of nitrogens with one attached hydrogen (secondary N) is 1. The second-order valence-electron chi connectivity index (χ2n) is 5.55. The first kappa shape index (κ1) is 18.0. The van der Waals surface area contributed by atoms with Crippen molar-refractivity contribution in [3.05, 3.63) is 88.4 Å². The van der Waals surface area contributed by atoms with Gasteiger partial charge >= 0.3 is 0 Å². The van der Waals surface area contributed by atoms with Gasteiger partial charge in [-0.05, 0) is 60.2 Å². The predicted molar refractivity (Wildman–Crippen MR) is 109 cm³/mol. The summed E-state index contributed by atoms with van der Waals surface area (Å²) >= 11 is 3.42. The molecule has 0 fully saturated rings. The lowest BCUT2D eigenvalue weighted by molar-refractivity contribution is 0.296. The molecule has 0 unspecified atom stereocenters. The summed E-state index contributed by atoms with van der Waals surface area (Å²) in [5, 5.41) is 4.27. The topological polar surface area (TPSA) is 42.8 Å². The third kappa shape index (κ3) is 5.10. The highest BCUT2D eigenvalue weighted by Crippen LogP contribution is 2.23. The third-order valence-electron chi connectivity index (χ3n) is 3.69. The number of benzene rings is 3. The molecule has 3 rings (SSSR count). The molecule has 0 saturated carbocycles. The number of hydrazone groups is 1. The molecule has 3 aromatic rings. The largest absolute Gasteiger partial charge is 0.496 e. The van der Waals surface area contributed by atoms with Crippen molar-refractivity contribution in [1.82, 2.24) is 0 Å². The van der Waals surface area contributed by atoms with Crippen LogP contribution in [-0.4, -0.2) is 13.3 Å². The molecule has 132 valence electrons. The zero-order valence-electron chi connectivity index (χ0n) is 14.4. The number of halogens is 1. The van der Waals surface area contributed by atoms with E-state index in [1.54, 1.807) is 13.3 Å². The minimum atomic E-state index is 0.415. The van der Waals surface area contributed by atoms with Crippen LogP contribution in [0.1, 0.15) is 11.1 Å². The van der Waals surface area contributed by atoms with E-state index >= 15 is 0 Å². The Labute approximate surface area is 161 Å². The maximum absolute atomic E-state index is 5.86. The van der Waals surface area contributed by atoms with E-state index in [0.717, 1.165) is 32.8 Å². The Hall–Kier alpha value is -2.79. The molecule has 0 radical (unpaired) electrons. The van der Waals surface area contributed by atoms with Gasteiger partial charge in [-0.1, -0.05) is 34.1 Å². The average molecular weight is 411 g/mol. The number of hydrogen-bond acceptors (Lipinski definition) is 4. The molecule has 0 aromatic heterocycles. The summed E-state index contributed by atoms with van der Waals surface area (Å²) in [6, 6.07) is 23.4. The van der Waals surface area contributed by atoms with Gasteiger partial charge in [0.1, 0.15) is 18.1 Å².